The zero-order valence-corrected chi connectivity index (χ0v) is 23.5. The van der Waals surface area contributed by atoms with Crippen LogP contribution in [0.2, 0.25) is 0 Å². The third-order valence-corrected chi connectivity index (χ3v) is 6.61. The molecule has 0 radical (unpaired) electrons. The van der Waals surface area contributed by atoms with Gasteiger partial charge in [-0.25, -0.2) is 4.79 Å². The zero-order valence-electron chi connectivity index (χ0n) is 23.5. The molecule has 2 aromatic rings. The van der Waals surface area contributed by atoms with Gasteiger partial charge in [0.15, 0.2) is 11.5 Å². The second kappa shape index (κ2) is 15.2. The van der Waals surface area contributed by atoms with Gasteiger partial charge in [-0.05, 0) is 49.7 Å². The van der Waals surface area contributed by atoms with Gasteiger partial charge < -0.3 is 39.2 Å². The Hall–Kier alpha value is -3.50. The number of rotatable bonds is 14. The Kier molecular flexibility index (Phi) is 11.7. The van der Waals surface area contributed by atoms with Gasteiger partial charge in [-0.3, -0.25) is 4.79 Å². The van der Waals surface area contributed by atoms with E-state index in [2.05, 4.69) is 10.6 Å². The highest BCUT2D eigenvalue weighted by atomic mass is 16.6. The second-order valence-electron chi connectivity index (χ2n) is 9.68. The van der Waals surface area contributed by atoms with E-state index in [1.165, 1.54) is 0 Å². The fourth-order valence-corrected chi connectivity index (χ4v) is 4.38. The number of amides is 2. The number of benzene rings is 2. The molecule has 0 saturated carbocycles. The summed E-state index contributed by atoms with van der Waals surface area (Å²) < 4.78 is 27.3. The van der Waals surface area contributed by atoms with Crippen LogP contribution in [0, 0.1) is 5.92 Å². The molecule has 0 bridgehead atoms. The molecule has 1 heterocycles. The van der Waals surface area contributed by atoms with Crippen molar-refractivity contribution in [2.75, 3.05) is 54.2 Å². The third-order valence-electron chi connectivity index (χ3n) is 6.61. The van der Waals surface area contributed by atoms with Crippen molar-refractivity contribution < 1.29 is 33.3 Å². The summed E-state index contributed by atoms with van der Waals surface area (Å²) >= 11 is 0. The molecular weight excluding hydrogens is 502 g/mol. The molecule has 2 aromatic carbocycles. The lowest BCUT2D eigenvalue weighted by atomic mass is 10.0. The van der Waals surface area contributed by atoms with Crippen molar-refractivity contribution in [1.82, 2.24) is 15.5 Å². The van der Waals surface area contributed by atoms with Crippen LogP contribution in [0.5, 0.6) is 17.2 Å². The molecule has 10 nitrogen and oxygen atoms in total. The zero-order chi connectivity index (χ0) is 28.2. The van der Waals surface area contributed by atoms with Crippen molar-refractivity contribution in [3.05, 3.63) is 53.6 Å². The van der Waals surface area contributed by atoms with E-state index < -0.39 is 6.09 Å². The van der Waals surface area contributed by atoms with E-state index in [1.54, 1.807) is 44.4 Å². The average molecular weight is 544 g/mol. The summed E-state index contributed by atoms with van der Waals surface area (Å²) in [7, 11) is 4.82. The Morgan fingerprint density at radius 2 is 1.77 bits per heavy atom. The number of hydrogen-bond acceptors (Lipinski definition) is 8. The van der Waals surface area contributed by atoms with Crippen LogP contribution in [0.1, 0.15) is 36.2 Å². The number of nitrogens with one attached hydrogen (secondary N) is 2. The number of carbonyl (C=O) groups is 2. The van der Waals surface area contributed by atoms with E-state index >= 15 is 0 Å². The van der Waals surface area contributed by atoms with Gasteiger partial charge in [-0.2, -0.15) is 0 Å². The molecule has 39 heavy (non-hydrogen) atoms. The molecule has 0 spiro atoms. The van der Waals surface area contributed by atoms with E-state index in [4.69, 9.17) is 23.7 Å². The highest BCUT2D eigenvalue weighted by Gasteiger charge is 2.34. The molecule has 0 unspecified atom stereocenters. The van der Waals surface area contributed by atoms with Crippen molar-refractivity contribution in [3.63, 3.8) is 0 Å². The Balaban J connectivity index is 1.61. The fraction of sp³-hybridized carbons (Fsp3) is 0.517. The fourth-order valence-electron chi connectivity index (χ4n) is 4.38. The van der Waals surface area contributed by atoms with Crippen LogP contribution in [0.4, 0.5) is 4.79 Å². The van der Waals surface area contributed by atoms with Crippen LogP contribution in [0.3, 0.4) is 0 Å². The summed E-state index contributed by atoms with van der Waals surface area (Å²) in [4.78, 5) is 27.9. The minimum Gasteiger partial charge on any atom is -0.497 e. The van der Waals surface area contributed by atoms with E-state index in [0.29, 0.717) is 56.5 Å². The van der Waals surface area contributed by atoms with E-state index in [-0.39, 0.29) is 24.0 Å². The summed E-state index contributed by atoms with van der Waals surface area (Å²) in [6.45, 7) is 6.94. The highest BCUT2D eigenvalue weighted by molar-refractivity contribution is 5.95. The number of hydrogen-bond donors (Lipinski definition) is 2. The lowest BCUT2D eigenvalue weighted by Crippen LogP contribution is -2.44. The summed E-state index contributed by atoms with van der Waals surface area (Å²) in [6, 6.07) is 12.6. The molecule has 0 aliphatic carbocycles. The molecule has 2 atom stereocenters. The normalized spacial score (nSPS) is 16.6. The first-order valence-corrected chi connectivity index (χ1v) is 13.2. The average Bonchev–Trinajstić information content (AvgIpc) is 3.38. The molecule has 1 aliphatic rings. The van der Waals surface area contributed by atoms with Crippen LogP contribution in [0.25, 0.3) is 0 Å². The first-order chi connectivity index (χ1) is 18.9. The van der Waals surface area contributed by atoms with E-state index in [0.717, 1.165) is 17.7 Å². The minimum absolute atomic E-state index is 0.0499. The number of nitrogens with zero attached hydrogens (tertiary/aromatic N) is 1. The lowest BCUT2D eigenvalue weighted by molar-refractivity contribution is 0.0521. The van der Waals surface area contributed by atoms with Crippen molar-refractivity contribution in [2.24, 2.45) is 5.92 Å². The molecule has 3 rings (SSSR count). The Morgan fingerprint density at radius 1 is 1.00 bits per heavy atom. The van der Waals surface area contributed by atoms with Gasteiger partial charge in [-0.1, -0.05) is 12.1 Å². The molecule has 2 N–H and O–H groups in total. The van der Waals surface area contributed by atoms with Gasteiger partial charge in [0.25, 0.3) is 5.91 Å². The summed E-state index contributed by atoms with van der Waals surface area (Å²) in [5.74, 6) is 1.66. The maximum Gasteiger partial charge on any atom is 0.407 e. The summed E-state index contributed by atoms with van der Waals surface area (Å²) in [5.41, 5.74) is 1.44. The van der Waals surface area contributed by atoms with Crippen LogP contribution < -0.4 is 24.8 Å². The molecule has 1 aliphatic heterocycles. The number of alkyl carbamates (subject to hydrolysis) is 1. The molecule has 2 amide bonds. The van der Waals surface area contributed by atoms with Gasteiger partial charge in [0.1, 0.15) is 11.9 Å². The Morgan fingerprint density at radius 3 is 2.44 bits per heavy atom. The topological polar surface area (TPSA) is 108 Å². The smallest absolute Gasteiger partial charge is 0.407 e. The SMILES string of the molecule is COCCCOc1cc(C(=O)N(C[C@@H]2CNC[C@H]2OC(=O)NCc2ccc(OC)cc2)C(C)C)ccc1OC. The van der Waals surface area contributed by atoms with Gasteiger partial charge in [0.05, 0.1) is 20.8 Å². The molecule has 1 saturated heterocycles. The summed E-state index contributed by atoms with van der Waals surface area (Å²) in [6.07, 6.45) is -0.123. The van der Waals surface area contributed by atoms with Gasteiger partial charge >= 0.3 is 6.09 Å². The Bertz CT molecular complexity index is 1060. The quantitative estimate of drug-likeness (QED) is 0.349. The maximum atomic E-state index is 13.6. The van der Waals surface area contributed by atoms with Crippen molar-refractivity contribution in [2.45, 2.75) is 39.0 Å². The largest absolute Gasteiger partial charge is 0.497 e. The number of carbonyl (C=O) groups excluding carboxylic acids is 2. The van der Waals surface area contributed by atoms with Crippen LogP contribution in [-0.4, -0.2) is 83.2 Å². The first-order valence-electron chi connectivity index (χ1n) is 13.2. The van der Waals surface area contributed by atoms with Crippen LogP contribution >= 0.6 is 0 Å². The molecule has 1 fully saturated rings. The maximum absolute atomic E-state index is 13.6. The van der Waals surface area contributed by atoms with Gasteiger partial charge in [0.2, 0.25) is 0 Å². The molecule has 10 heteroatoms. The Labute approximate surface area is 230 Å². The highest BCUT2D eigenvalue weighted by Crippen LogP contribution is 2.29. The van der Waals surface area contributed by atoms with Crippen LogP contribution in [-0.2, 0) is 16.0 Å². The molecule has 0 aromatic heterocycles. The van der Waals surface area contributed by atoms with Crippen LogP contribution in [0.15, 0.2) is 42.5 Å². The van der Waals surface area contributed by atoms with Gasteiger partial charge in [-0.15, -0.1) is 0 Å². The number of methoxy groups -OCH3 is 3. The van der Waals surface area contributed by atoms with E-state index in [9.17, 15) is 9.59 Å². The second-order valence-corrected chi connectivity index (χ2v) is 9.68. The number of ether oxygens (including phenoxy) is 5. The van der Waals surface area contributed by atoms with Crippen molar-refractivity contribution in [3.8, 4) is 17.2 Å². The molecule has 214 valence electrons. The standard InChI is InChI=1S/C29H41N3O7/c1-20(2)32(28(33)22-9-12-25(37-5)26(15-22)38-14-6-13-35-3)19-23-17-30-18-27(23)39-29(34)31-16-21-7-10-24(36-4)11-8-21/h7-12,15,20,23,27,30H,6,13-14,16-19H2,1-5H3,(H,31,34)/t23-,27+/m0/s1. The van der Waals surface area contributed by atoms with Crippen molar-refractivity contribution >= 4 is 12.0 Å². The monoisotopic (exact) mass is 543 g/mol. The summed E-state index contributed by atoms with van der Waals surface area (Å²) in [5, 5.41) is 6.10. The third kappa shape index (κ3) is 8.76. The first kappa shape index (κ1) is 30.0. The predicted molar refractivity (Wildman–Crippen MR) is 148 cm³/mol. The molecular formula is C29H41N3O7. The lowest BCUT2D eigenvalue weighted by Gasteiger charge is -2.31. The van der Waals surface area contributed by atoms with E-state index in [1.807, 2.05) is 38.1 Å². The predicted octanol–water partition coefficient (Wildman–Crippen LogP) is 3.48. The van der Waals surface area contributed by atoms with Crippen molar-refractivity contribution in [1.29, 1.82) is 0 Å². The van der Waals surface area contributed by atoms with Gasteiger partial charge in [0, 0.05) is 63.8 Å². The minimum atomic E-state index is -0.489.